The van der Waals surface area contributed by atoms with Crippen molar-refractivity contribution >= 4 is 6.08 Å². The molecule has 0 radical (unpaired) electrons. The topological polar surface area (TPSA) is 40.5 Å². The van der Waals surface area contributed by atoms with Gasteiger partial charge in [0, 0.05) is 0 Å². The van der Waals surface area contributed by atoms with E-state index in [9.17, 15) is 10.2 Å². The van der Waals surface area contributed by atoms with E-state index < -0.39 is 0 Å². The van der Waals surface area contributed by atoms with E-state index in [0.717, 1.165) is 36.8 Å². The third kappa shape index (κ3) is 2.07. The number of rotatable bonds is 0. The van der Waals surface area contributed by atoms with E-state index in [2.05, 4.69) is 26.0 Å². The number of aromatic hydroxyl groups is 1. The summed E-state index contributed by atoms with van der Waals surface area (Å²) in [5.74, 6) is 0.829. The van der Waals surface area contributed by atoms with Gasteiger partial charge in [-0.05, 0) is 66.7 Å². The van der Waals surface area contributed by atoms with Crippen LogP contribution in [0.2, 0.25) is 0 Å². The van der Waals surface area contributed by atoms with Crippen LogP contribution < -0.4 is 0 Å². The Morgan fingerprint density at radius 1 is 1.15 bits per heavy atom. The van der Waals surface area contributed by atoms with Crippen molar-refractivity contribution in [3.63, 3.8) is 0 Å². The van der Waals surface area contributed by atoms with E-state index in [1.165, 1.54) is 11.1 Å². The molecule has 0 heterocycles. The lowest BCUT2D eigenvalue weighted by molar-refractivity contribution is -0.00826. The summed E-state index contributed by atoms with van der Waals surface area (Å²) in [5.41, 5.74) is 4.84. The summed E-state index contributed by atoms with van der Waals surface area (Å²) in [5, 5.41) is 20.2. The molecule has 2 nitrogen and oxygen atoms in total. The Bertz CT molecular complexity index is 569. The zero-order chi connectivity index (χ0) is 14.5. The molecular formula is C18H24O2. The molecule has 2 aliphatic carbocycles. The average Bonchev–Trinajstić information content (AvgIpc) is 2.55. The summed E-state index contributed by atoms with van der Waals surface area (Å²) in [6.45, 7) is 6.33. The van der Waals surface area contributed by atoms with Crippen LogP contribution in [-0.2, 0) is 6.42 Å². The molecule has 2 heteroatoms. The molecule has 1 aromatic rings. The second kappa shape index (κ2) is 4.63. The van der Waals surface area contributed by atoms with Crippen LogP contribution in [0.15, 0.2) is 17.7 Å². The molecule has 0 aromatic heterocycles. The molecule has 0 spiro atoms. The fourth-order valence-electron chi connectivity index (χ4n) is 3.91. The maximum absolute atomic E-state index is 10.3. The predicted octanol–water partition coefficient (Wildman–Crippen LogP) is 3.83. The molecule has 2 atom stereocenters. The number of benzene rings is 1. The number of phenols is 1. The molecule has 20 heavy (non-hydrogen) atoms. The predicted molar refractivity (Wildman–Crippen MR) is 81.7 cm³/mol. The quantitative estimate of drug-likeness (QED) is 0.753. The summed E-state index contributed by atoms with van der Waals surface area (Å²) in [7, 11) is 0. The van der Waals surface area contributed by atoms with E-state index >= 15 is 0 Å². The van der Waals surface area contributed by atoms with Gasteiger partial charge in [0.2, 0.25) is 0 Å². The first-order chi connectivity index (χ1) is 9.39. The van der Waals surface area contributed by atoms with Crippen molar-refractivity contribution in [1.29, 1.82) is 0 Å². The fraction of sp³-hybridized carbons (Fsp3) is 0.556. The van der Waals surface area contributed by atoms with Crippen molar-refractivity contribution in [1.82, 2.24) is 0 Å². The molecule has 3 rings (SSSR count). The lowest BCUT2D eigenvalue weighted by Crippen LogP contribution is -2.41. The molecule has 0 saturated heterocycles. The second-order valence-electron chi connectivity index (χ2n) is 7.02. The van der Waals surface area contributed by atoms with Crippen LogP contribution >= 0.6 is 0 Å². The van der Waals surface area contributed by atoms with Gasteiger partial charge in [-0.1, -0.05) is 31.6 Å². The van der Waals surface area contributed by atoms with Crippen molar-refractivity contribution in [3.8, 4) is 5.75 Å². The fourth-order valence-corrected chi connectivity index (χ4v) is 3.91. The van der Waals surface area contributed by atoms with E-state index in [0.29, 0.717) is 11.7 Å². The molecule has 0 unspecified atom stereocenters. The normalized spacial score (nSPS) is 28.1. The van der Waals surface area contributed by atoms with Gasteiger partial charge in [-0.25, -0.2) is 0 Å². The Labute approximate surface area is 121 Å². The van der Waals surface area contributed by atoms with Crippen LogP contribution in [0.1, 0.15) is 49.8 Å². The van der Waals surface area contributed by atoms with Crippen LogP contribution in [0.4, 0.5) is 0 Å². The number of aliphatic hydroxyl groups is 1. The van der Waals surface area contributed by atoms with Crippen LogP contribution in [0, 0.1) is 18.3 Å². The number of fused-ring (bicyclic) bond motifs is 2. The van der Waals surface area contributed by atoms with E-state index in [4.69, 9.17) is 0 Å². The summed E-state index contributed by atoms with van der Waals surface area (Å²) in [6.07, 6.45) is 6.00. The van der Waals surface area contributed by atoms with Crippen LogP contribution in [0.5, 0.6) is 5.75 Å². The number of hydrogen-bond acceptors (Lipinski definition) is 2. The molecule has 108 valence electrons. The highest BCUT2D eigenvalue weighted by atomic mass is 16.3. The average molecular weight is 272 g/mol. The Kier molecular flexibility index (Phi) is 3.17. The Morgan fingerprint density at radius 3 is 2.65 bits per heavy atom. The van der Waals surface area contributed by atoms with E-state index in [-0.39, 0.29) is 11.5 Å². The highest BCUT2D eigenvalue weighted by Crippen LogP contribution is 2.48. The maximum atomic E-state index is 10.3. The van der Waals surface area contributed by atoms with Crippen molar-refractivity contribution < 1.29 is 10.2 Å². The van der Waals surface area contributed by atoms with Crippen LogP contribution in [0.25, 0.3) is 6.08 Å². The highest BCUT2D eigenvalue weighted by Gasteiger charge is 2.42. The number of allylic oxidation sites excluding steroid dienone is 1. The van der Waals surface area contributed by atoms with Crippen LogP contribution in [-0.4, -0.2) is 16.3 Å². The monoisotopic (exact) mass is 272 g/mol. The van der Waals surface area contributed by atoms with E-state index in [1.54, 1.807) is 0 Å². The van der Waals surface area contributed by atoms with Gasteiger partial charge in [0.1, 0.15) is 5.75 Å². The zero-order valence-corrected chi connectivity index (χ0v) is 12.6. The molecule has 0 bridgehead atoms. The molecule has 1 fully saturated rings. The minimum atomic E-state index is -0.207. The number of phenolic OH excluding ortho intramolecular Hbond substituents is 1. The van der Waals surface area contributed by atoms with Gasteiger partial charge in [0.25, 0.3) is 0 Å². The lowest BCUT2D eigenvalue weighted by atomic mass is 9.63. The largest absolute Gasteiger partial charge is 0.508 e. The molecule has 2 N–H and O–H groups in total. The van der Waals surface area contributed by atoms with Crippen molar-refractivity contribution in [3.05, 3.63) is 34.4 Å². The van der Waals surface area contributed by atoms with Crippen LogP contribution in [0.3, 0.4) is 0 Å². The third-order valence-corrected chi connectivity index (χ3v) is 5.41. The number of aliphatic hydroxyl groups excluding tert-OH is 1. The molecule has 1 aromatic carbocycles. The standard InChI is InChI=1S/C18H24O2/c1-11-8-12-4-6-15-13(9-14(12)10-16(11)19)5-7-17(20)18(15,2)3/h8-10,15,17,19-20H,4-7H2,1-3H3/t15-,17+/m1/s1. The molecule has 1 saturated carbocycles. The van der Waals surface area contributed by atoms with Gasteiger partial charge >= 0.3 is 0 Å². The van der Waals surface area contributed by atoms with Gasteiger partial charge in [-0.2, -0.15) is 0 Å². The summed E-state index contributed by atoms with van der Waals surface area (Å²) < 4.78 is 0. The van der Waals surface area contributed by atoms with Gasteiger partial charge < -0.3 is 10.2 Å². The lowest BCUT2D eigenvalue weighted by Gasteiger charge is -2.44. The first-order valence-corrected chi connectivity index (χ1v) is 7.60. The smallest absolute Gasteiger partial charge is 0.119 e. The summed E-state index contributed by atoms with van der Waals surface area (Å²) in [6, 6.07) is 4.01. The van der Waals surface area contributed by atoms with Gasteiger partial charge in [-0.15, -0.1) is 0 Å². The zero-order valence-electron chi connectivity index (χ0n) is 12.6. The van der Waals surface area contributed by atoms with Crippen molar-refractivity contribution in [2.24, 2.45) is 11.3 Å². The first kappa shape index (κ1) is 13.7. The molecule has 0 amide bonds. The highest BCUT2D eigenvalue weighted by molar-refractivity contribution is 5.62. The first-order valence-electron chi connectivity index (χ1n) is 7.60. The van der Waals surface area contributed by atoms with Gasteiger partial charge in [-0.3, -0.25) is 0 Å². The Balaban J connectivity index is 2.05. The molecular weight excluding hydrogens is 248 g/mol. The minimum Gasteiger partial charge on any atom is -0.508 e. The summed E-state index contributed by atoms with van der Waals surface area (Å²) >= 11 is 0. The second-order valence-corrected chi connectivity index (χ2v) is 7.02. The van der Waals surface area contributed by atoms with Crippen molar-refractivity contribution in [2.75, 3.05) is 0 Å². The SMILES string of the molecule is Cc1cc2c(cc1O)C=C1CC[C@H](O)C(C)(C)[C@@H]1CC2. The summed E-state index contributed by atoms with van der Waals surface area (Å²) in [4.78, 5) is 0. The third-order valence-electron chi connectivity index (χ3n) is 5.41. The number of aryl methyl sites for hydroxylation is 2. The molecule has 2 aliphatic rings. The Morgan fingerprint density at radius 2 is 1.90 bits per heavy atom. The van der Waals surface area contributed by atoms with Gasteiger partial charge in [0.15, 0.2) is 0 Å². The van der Waals surface area contributed by atoms with E-state index in [1.807, 2.05) is 13.0 Å². The van der Waals surface area contributed by atoms with Crippen molar-refractivity contribution in [2.45, 2.75) is 52.6 Å². The minimum absolute atomic E-state index is 0.0524. The Hall–Kier alpha value is -1.28. The number of hydrogen-bond donors (Lipinski definition) is 2. The van der Waals surface area contributed by atoms with Gasteiger partial charge in [0.05, 0.1) is 6.10 Å². The molecule has 0 aliphatic heterocycles. The maximum Gasteiger partial charge on any atom is 0.119 e.